The minimum absolute atomic E-state index is 0.0148. The second kappa shape index (κ2) is 12.5. The quantitative estimate of drug-likeness (QED) is 0.341. The molecule has 0 saturated carbocycles. The number of benzene rings is 3. The second-order valence-electron chi connectivity index (χ2n) is 8.70. The van der Waals surface area contributed by atoms with Crippen molar-refractivity contribution in [2.24, 2.45) is 5.92 Å². The van der Waals surface area contributed by atoms with Gasteiger partial charge in [0.2, 0.25) is 10.0 Å². The molecule has 0 unspecified atom stereocenters. The number of carbonyl (C=O) groups is 2. The van der Waals surface area contributed by atoms with Crippen molar-refractivity contribution >= 4 is 22.0 Å². The molecular weight excluding hydrogens is 494 g/mol. The summed E-state index contributed by atoms with van der Waals surface area (Å²) in [5.74, 6) is -1.04. The molecule has 3 aromatic rings. The average Bonchev–Trinajstić information content (AvgIpc) is 2.91. The number of esters is 2. The summed E-state index contributed by atoms with van der Waals surface area (Å²) in [5.41, 5.74) is 1.71. The number of hydrogen-bond acceptors (Lipinski definition) is 7. The Morgan fingerprint density at radius 3 is 2.00 bits per heavy atom. The minimum atomic E-state index is -4.14. The van der Waals surface area contributed by atoms with Crippen LogP contribution in [0, 0.1) is 5.92 Å². The number of rotatable bonds is 11. The van der Waals surface area contributed by atoms with E-state index in [1.165, 1.54) is 26.4 Å². The Hall–Kier alpha value is -3.69. The molecule has 8 nitrogen and oxygen atoms in total. The smallest absolute Gasteiger partial charge is 0.337 e. The number of methoxy groups -OCH3 is 2. The van der Waals surface area contributed by atoms with Crippen LogP contribution in [0.2, 0.25) is 0 Å². The monoisotopic (exact) mass is 525 g/mol. The molecule has 0 radical (unpaired) electrons. The molecule has 0 bridgehead atoms. The topological polar surface area (TPSA) is 99.2 Å². The lowest BCUT2D eigenvalue weighted by Crippen LogP contribution is -2.48. The fraction of sp³-hybridized carbons (Fsp3) is 0.286. The van der Waals surface area contributed by atoms with Crippen LogP contribution in [-0.4, -0.2) is 44.9 Å². The van der Waals surface area contributed by atoms with E-state index in [1.807, 2.05) is 30.3 Å². The first-order valence-electron chi connectivity index (χ1n) is 11.7. The molecule has 0 aliphatic heterocycles. The molecule has 37 heavy (non-hydrogen) atoms. The van der Waals surface area contributed by atoms with Crippen LogP contribution in [0.15, 0.2) is 83.8 Å². The van der Waals surface area contributed by atoms with E-state index < -0.39 is 33.9 Å². The highest BCUT2D eigenvalue weighted by atomic mass is 32.2. The van der Waals surface area contributed by atoms with E-state index in [0.29, 0.717) is 16.9 Å². The fourth-order valence-corrected chi connectivity index (χ4v) is 5.49. The number of sulfonamides is 1. The second-order valence-corrected chi connectivity index (χ2v) is 10.6. The van der Waals surface area contributed by atoms with E-state index in [1.54, 1.807) is 50.2 Å². The Kier molecular flexibility index (Phi) is 9.43. The number of nitrogens with zero attached hydrogens (tertiary/aromatic N) is 1. The van der Waals surface area contributed by atoms with Crippen LogP contribution in [0.25, 0.3) is 0 Å². The van der Waals surface area contributed by atoms with Crippen LogP contribution in [0.1, 0.15) is 35.3 Å². The largest absolute Gasteiger partial charge is 0.497 e. The van der Waals surface area contributed by atoms with Gasteiger partial charge in [0.05, 0.1) is 24.7 Å². The highest BCUT2D eigenvalue weighted by Gasteiger charge is 2.39. The van der Waals surface area contributed by atoms with Gasteiger partial charge in [0.1, 0.15) is 18.4 Å². The number of hydrogen-bond donors (Lipinski definition) is 0. The van der Waals surface area contributed by atoms with Crippen molar-refractivity contribution in [2.75, 3.05) is 14.2 Å². The van der Waals surface area contributed by atoms with E-state index in [2.05, 4.69) is 0 Å². The molecular formula is C28H31NO7S. The molecule has 9 heteroatoms. The van der Waals surface area contributed by atoms with Gasteiger partial charge >= 0.3 is 11.9 Å². The Balaban J connectivity index is 1.98. The van der Waals surface area contributed by atoms with Crippen LogP contribution in [0.4, 0.5) is 0 Å². The molecule has 0 aliphatic rings. The Morgan fingerprint density at radius 2 is 1.46 bits per heavy atom. The number of ether oxygens (including phenoxy) is 3. The summed E-state index contributed by atoms with van der Waals surface area (Å²) in [6, 6.07) is 20.4. The average molecular weight is 526 g/mol. The van der Waals surface area contributed by atoms with Crippen molar-refractivity contribution in [3.05, 3.63) is 95.6 Å². The van der Waals surface area contributed by atoms with Crippen molar-refractivity contribution in [3.8, 4) is 5.75 Å². The first-order valence-corrected chi connectivity index (χ1v) is 13.1. The van der Waals surface area contributed by atoms with E-state index in [-0.39, 0.29) is 18.0 Å². The third kappa shape index (κ3) is 6.96. The predicted molar refractivity (Wildman–Crippen MR) is 138 cm³/mol. The third-order valence-electron chi connectivity index (χ3n) is 5.79. The van der Waals surface area contributed by atoms with Crippen molar-refractivity contribution in [1.82, 2.24) is 4.31 Å². The standard InChI is InChI=1S/C28H31NO7S/c1-20(2)26(28(31)36-19-22-8-6-5-7-9-22)29(18-21-10-12-23(13-11-21)27(30)35-4)37(32,33)25-16-14-24(34-3)15-17-25/h5-17,20,26H,18-19H2,1-4H3/t26-/m1/s1. The maximum atomic E-state index is 13.9. The van der Waals surface area contributed by atoms with Gasteiger partial charge in [-0.25, -0.2) is 13.2 Å². The number of carbonyl (C=O) groups excluding carboxylic acids is 2. The van der Waals surface area contributed by atoms with Gasteiger partial charge in [-0.1, -0.05) is 56.3 Å². The fourth-order valence-electron chi connectivity index (χ4n) is 3.80. The first-order chi connectivity index (χ1) is 17.7. The SMILES string of the molecule is COC(=O)c1ccc(CN([C@@H](C(=O)OCc2ccccc2)C(C)C)S(=O)(=O)c2ccc(OC)cc2)cc1. The van der Waals surface area contributed by atoms with Gasteiger partial charge in [0.25, 0.3) is 0 Å². The van der Waals surface area contributed by atoms with Crippen LogP contribution in [0.3, 0.4) is 0 Å². The highest BCUT2D eigenvalue weighted by molar-refractivity contribution is 7.89. The van der Waals surface area contributed by atoms with Crippen molar-refractivity contribution < 1.29 is 32.2 Å². The van der Waals surface area contributed by atoms with Gasteiger partial charge in [0.15, 0.2) is 0 Å². The molecule has 3 aromatic carbocycles. The van der Waals surface area contributed by atoms with Crippen LogP contribution >= 0.6 is 0 Å². The summed E-state index contributed by atoms with van der Waals surface area (Å²) in [6.45, 7) is 3.45. The maximum Gasteiger partial charge on any atom is 0.337 e. The molecule has 0 heterocycles. The van der Waals surface area contributed by atoms with Gasteiger partial charge in [-0.05, 0) is 53.4 Å². The van der Waals surface area contributed by atoms with E-state index >= 15 is 0 Å². The van der Waals surface area contributed by atoms with Crippen LogP contribution in [0.5, 0.6) is 5.75 Å². The molecule has 0 spiro atoms. The summed E-state index contributed by atoms with van der Waals surface area (Å²) >= 11 is 0. The van der Waals surface area contributed by atoms with Gasteiger partial charge in [-0.15, -0.1) is 0 Å². The molecule has 3 rings (SSSR count). The van der Waals surface area contributed by atoms with Gasteiger partial charge in [-0.3, -0.25) is 4.79 Å². The molecule has 0 N–H and O–H groups in total. The molecule has 0 fully saturated rings. The molecule has 0 aromatic heterocycles. The Labute approximate surface area is 217 Å². The molecule has 0 aliphatic carbocycles. The summed E-state index contributed by atoms with van der Waals surface area (Å²) in [6.07, 6.45) is 0. The predicted octanol–water partition coefficient (Wildman–Crippen LogP) is 4.44. The summed E-state index contributed by atoms with van der Waals surface area (Å²) in [4.78, 5) is 25.2. The molecule has 0 amide bonds. The maximum absolute atomic E-state index is 13.9. The Bertz CT molecular complexity index is 1290. The van der Waals surface area contributed by atoms with E-state index in [0.717, 1.165) is 9.87 Å². The van der Waals surface area contributed by atoms with Crippen molar-refractivity contribution in [3.63, 3.8) is 0 Å². The van der Waals surface area contributed by atoms with Crippen molar-refractivity contribution in [2.45, 2.75) is 37.9 Å². The zero-order chi connectivity index (χ0) is 27.0. The van der Waals surface area contributed by atoms with Gasteiger partial charge in [0, 0.05) is 6.54 Å². The third-order valence-corrected chi connectivity index (χ3v) is 7.63. The molecule has 1 atom stereocenters. The highest BCUT2D eigenvalue weighted by Crippen LogP contribution is 2.27. The summed E-state index contributed by atoms with van der Waals surface area (Å²) in [7, 11) is -1.37. The normalized spacial score (nSPS) is 12.3. The van der Waals surface area contributed by atoms with Crippen LogP contribution in [-0.2, 0) is 37.4 Å². The van der Waals surface area contributed by atoms with E-state index in [9.17, 15) is 18.0 Å². The van der Waals surface area contributed by atoms with Crippen molar-refractivity contribution in [1.29, 1.82) is 0 Å². The lowest BCUT2D eigenvalue weighted by Gasteiger charge is -2.32. The zero-order valence-corrected chi connectivity index (χ0v) is 22.1. The first kappa shape index (κ1) is 27.9. The zero-order valence-electron chi connectivity index (χ0n) is 21.3. The lowest BCUT2D eigenvalue weighted by atomic mass is 10.0. The molecule has 0 saturated heterocycles. The van der Waals surface area contributed by atoms with E-state index in [4.69, 9.17) is 14.2 Å². The summed E-state index contributed by atoms with van der Waals surface area (Å²) < 4.78 is 44.4. The lowest BCUT2D eigenvalue weighted by molar-refractivity contribution is -0.151. The minimum Gasteiger partial charge on any atom is -0.497 e. The summed E-state index contributed by atoms with van der Waals surface area (Å²) in [5, 5.41) is 0. The van der Waals surface area contributed by atoms with Gasteiger partial charge in [-0.2, -0.15) is 4.31 Å². The van der Waals surface area contributed by atoms with Gasteiger partial charge < -0.3 is 14.2 Å². The molecule has 196 valence electrons. The van der Waals surface area contributed by atoms with Crippen LogP contribution < -0.4 is 4.74 Å². The Morgan fingerprint density at radius 1 is 0.838 bits per heavy atom.